The van der Waals surface area contributed by atoms with Gasteiger partial charge >= 0.3 is 6.09 Å². The van der Waals surface area contributed by atoms with E-state index in [1.165, 1.54) is 0 Å². The van der Waals surface area contributed by atoms with Crippen molar-refractivity contribution in [2.45, 2.75) is 98.3 Å². The van der Waals surface area contributed by atoms with Gasteiger partial charge in [0.05, 0.1) is 0 Å². The third kappa shape index (κ3) is 10.7. The lowest BCUT2D eigenvalue weighted by molar-refractivity contribution is -0.141. The molecule has 1 aromatic carbocycles. The van der Waals surface area contributed by atoms with E-state index in [-0.39, 0.29) is 18.4 Å². The molecule has 1 aromatic rings. The van der Waals surface area contributed by atoms with Crippen molar-refractivity contribution in [3.05, 3.63) is 35.4 Å². The average Bonchev–Trinajstić information content (AvgIpc) is 2.67. The van der Waals surface area contributed by atoms with Crippen LogP contribution in [0.25, 0.3) is 0 Å². The molecule has 0 radical (unpaired) electrons. The molecular formula is C26H43N3O4. The molecule has 0 fully saturated rings. The topological polar surface area (TPSA) is 87.7 Å². The van der Waals surface area contributed by atoms with Gasteiger partial charge < -0.3 is 20.3 Å². The maximum absolute atomic E-state index is 13.5. The molecule has 1 atom stereocenters. The van der Waals surface area contributed by atoms with Crippen molar-refractivity contribution in [1.29, 1.82) is 0 Å². The van der Waals surface area contributed by atoms with Crippen molar-refractivity contribution >= 4 is 17.9 Å². The van der Waals surface area contributed by atoms with E-state index in [1.807, 2.05) is 52.0 Å². The first kappa shape index (κ1) is 28.5. The Morgan fingerprint density at radius 1 is 1.00 bits per heavy atom. The molecule has 0 aliphatic rings. The van der Waals surface area contributed by atoms with E-state index in [0.29, 0.717) is 6.54 Å². The monoisotopic (exact) mass is 461 g/mol. The number of benzene rings is 1. The van der Waals surface area contributed by atoms with Gasteiger partial charge in [-0.25, -0.2) is 4.79 Å². The number of nitrogens with zero attached hydrogens (tertiary/aromatic N) is 1. The van der Waals surface area contributed by atoms with Gasteiger partial charge in [-0.1, -0.05) is 50.5 Å². The van der Waals surface area contributed by atoms with Gasteiger partial charge in [-0.3, -0.25) is 9.59 Å². The van der Waals surface area contributed by atoms with Crippen molar-refractivity contribution in [2.75, 3.05) is 13.1 Å². The molecule has 0 aliphatic carbocycles. The fourth-order valence-electron chi connectivity index (χ4n) is 3.45. The standard InChI is InChI=1S/C26H43N3O4/c1-9-10-11-14-17-29(21(30)18-27-24(32)33-26(6,7)8)22(23(31)28-25(3,4)5)20-16-13-12-15-19(20)2/h12-13,15-16,22H,9-11,14,17-18H2,1-8H3,(H,27,32)(H,28,31). The Balaban J connectivity index is 3.23. The van der Waals surface area contributed by atoms with Gasteiger partial charge in [0.15, 0.2) is 0 Å². The molecule has 0 aromatic heterocycles. The number of rotatable bonds is 10. The van der Waals surface area contributed by atoms with E-state index in [0.717, 1.165) is 36.8 Å². The van der Waals surface area contributed by atoms with Gasteiger partial charge in [0.2, 0.25) is 11.8 Å². The summed E-state index contributed by atoms with van der Waals surface area (Å²) in [5, 5.41) is 5.58. The predicted molar refractivity (Wildman–Crippen MR) is 132 cm³/mol. The van der Waals surface area contributed by atoms with E-state index in [9.17, 15) is 14.4 Å². The largest absolute Gasteiger partial charge is 0.444 e. The Bertz CT molecular complexity index is 793. The fourth-order valence-corrected chi connectivity index (χ4v) is 3.45. The molecule has 186 valence electrons. The second-order valence-electron chi connectivity index (χ2n) is 10.5. The van der Waals surface area contributed by atoms with Crippen molar-refractivity contribution in [1.82, 2.24) is 15.5 Å². The van der Waals surface area contributed by atoms with Crippen molar-refractivity contribution in [3.8, 4) is 0 Å². The van der Waals surface area contributed by atoms with E-state index < -0.39 is 23.3 Å². The van der Waals surface area contributed by atoms with E-state index in [2.05, 4.69) is 17.6 Å². The number of aryl methyl sites for hydroxylation is 1. The molecule has 33 heavy (non-hydrogen) atoms. The van der Waals surface area contributed by atoms with Crippen LogP contribution in [0.15, 0.2) is 24.3 Å². The Labute approximate surface area is 199 Å². The lowest BCUT2D eigenvalue weighted by atomic mass is 9.97. The maximum atomic E-state index is 13.5. The first-order valence-corrected chi connectivity index (χ1v) is 11.9. The summed E-state index contributed by atoms with van der Waals surface area (Å²) in [6, 6.07) is 6.81. The molecule has 0 saturated heterocycles. The number of carbonyl (C=O) groups is 3. The molecule has 0 saturated carbocycles. The Morgan fingerprint density at radius 2 is 1.64 bits per heavy atom. The second-order valence-corrected chi connectivity index (χ2v) is 10.5. The van der Waals surface area contributed by atoms with Gasteiger partial charge in [0.1, 0.15) is 18.2 Å². The third-order valence-corrected chi connectivity index (χ3v) is 4.90. The van der Waals surface area contributed by atoms with Gasteiger partial charge in [-0.2, -0.15) is 0 Å². The van der Waals surface area contributed by atoms with Crippen molar-refractivity contribution in [2.24, 2.45) is 0 Å². The molecule has 0 heterocycles. The molecule has 0 aliphatic heterocycles. The molecule has 0 spiro atoms. The van der Waals surface area contributed by atoms with E-state index in [4.69, 9.17) is 4.74 Å². The van der Waals surface area contributed by atoms with Crippen LogP contribution in [0.5, 0.6) is 0 Å². The number of ether oxygens (including phenoxy) is 1. The number of nitrogens with one attached hydrogen (secondary N) is 2. The quantitative estimate of drug-likeness (QED) is 0.486. The molecule has 2 N–H and O–H groups in total. The second kappa shape index (κ2) is 12.6. The maximum Gasteiger partial charge on any atom is 0.408 e. The van der Waals surface area contributed by atoms with Crippen LogP contribution < -0.4 is 10.6 Å². The lowest BCUT2D eigenvalue weighted by Crippen LogP contribution is -2.51. The number of hydrogen-bond acceptors (Lipinski definition) is 4. The molecular weight excluding hydrogens is 418 g/mol. The molecule has 7 nitrogen and oxygen atoms in total. The summed E-state index contributed by atoms with van der Waals surface area (Å²) in [6.07, 6.45) is 3.20. The first-order chi connectivity index (χ1) is 15.2. The highest BCUT2D eigenvalue weighted by molar-refractivity contribution is 5.91. The lowest BCUT2D eigenvalue weighted by Gasteiger charge is -2.34. The molecule has 3 amide bonds. The number of amides is 3. The van der Waals surface area contributed by atoms with Gasteiger partial charge in [-0.15, -0.1) is 0 Å². The first-order valence-electron chi connectivity index (χ1n) is 11.9. The molecule has 1 unspecified atom stereocenters. The number of alkyl carbamates (subject to hydrolysis) is 1. The van der Waals surface area contributed by atoms with Crippen LogP contribution in [0.3, 0.4) is 0 Å². The van der Waals surface area contributed by atoms with Crippen LogP contribution in [0, 0.1) is 6.92 Å². The van der Waals surface area contributed by atoms with E-state index in [1.54, 1.807) is 25.7 Å². The average molecular weight is 462 g/mol. The summed E-state index contributed by atoms with van der Waals surface area (Å²) < 4.78 is 5.26. The highest BCUT2D eigenvalue weighted by atomic mass is 16.6. The summed E-state index contributed by atoms with van der Waals surface area (Å²) in [7, 11) is 0. The summed E-state index contributed by atoms with van der Waals surface area (Å²) in [4.78, 5) is 40.5. The minimum atomic E-state index is -0.792. The normalized spacial score (nSPS) is 12.6. The zero-order chi connectivity index (χ0) is 25.2. The minimum Gasteiger partial charge on any atom is -0.444 e. The summed E-state index contributed by atoms with van der Waals surface area (Å²) in [5.74, 6) is -0.562. The van der Waals surface area contributed by atoms with Crippen LogP contribution in [0.1, 0.15) is 91.3 Å². The van der Waals surface area contributed by atoms with Gasteiger partial charge in [-0.05, 0) is 66.0 Å². The summed E-state index contributed by atoms with van der Waals surface area (Å²) >= 11 is 0. The molecule has 7 heteroatoms. The molecule has 0 bridgehead atoms. The van der Waals surface area contributed by atoms with E-state index >= 15 is 0 Å². The van der Waals surface area contributed by atoms with Crippen LogP contribution in [0.4, 0.5) is 4.79 Å². The zero-order valence-corrected chi connectivity index (χ0v) is 21.7. The SMILES string of the molecule is CCCCCCN(C(=O)CNC(=O)OC(C)(C)C)C(C(=O)NC(C)(C)C)c1ccccc1C. The predicted octanol–water partition coefficient (Wildman–Crippen LogP) is 4.88. The fraction of sp³-hybridized carbons (Fsp3) is 0.654. The van der Waals surface area contributed by atoms with Crippen molar-refractivity contribution < 1.29 is 19.1 Å². The Kier molecular flexibility index (Phi) is 10.9. The highest BCUT2D eigenvalue weighted by Crippen LogP contribution is 2.26. The third-order valence-electron chi connectivity index (χ3n) is 4.90. The molecule has 1 rings (SSSR count). The summed E-state index contributed by atoms with van der Waals surface area (Å²) in [6.45, 7) is 15.3. The zero-order valence-electron chi connectivity index (χ0n) is 21.7. The van der Waals surface area contributed by atoms with Crippen LogP contribution in [-0.2, 0) is 14.3 Å². The van der Waals surface area contributed by atoms with Gasteiger partial charge in [0, 0.05) is 12.1 Å². The number of carbonyl (C=O) groups excluding carboxylic acids is 3. The summed E-state index contributed by atoms with van der Waals surface area (Å²) in [5.41, 5.74) is 0.589. The number of hydrogen-bond donors (Lipinski definition) is 2. The van der Waals surface area contributed by atoms with Crippen LogP contribution in [-0.4, -0.2) is 47.0 Å². The van der Waals surface area contributed by atoms with Gasteiger partial charge in [0.25, 0.3) is 0 Å². The Morgan fingerprint density at radius 3 is 2.18 bits per heavy atom. The van der Waals surface area contributed by atoms with Crippen LogP contribution in [0.2, 0.25) is 0 Å². The smallest absolute Gasteiger partial charge is 0.408 e. The highest BCUT2D eigenvalue weighted by Gasteiger charge is 2.34. The van der Waals surface area contributed by atoms with Crippen molar-refractivity contribution in [3.63, 3.8) is 0 Å². The van der Waals surface area contributed by atoms with Crippen LogP contribution >= 0.6 is 0 Å². The Hall–Kier alpha value is -2.57. The number of unbranched alkanes of at least 4 members (excludes halogenated alkanes) is 3. The minimum absolute atomic E-state index is 0.238.